The fourth-order valence-electron chi connectivity index (χ4n) is 0.785. The van der Waals surface area contributed by atoms with E-state index in [0.717, 1.165) is 0 Å². The number of alkyl carbamates (subject to hydrolysis) is 2. The molecule has 72 valence electrons. The Labute approximate surface area is 73.4 Å². The minimum atomic E-state index is -0.827. The monoisotopic (exact) mass is 188 g/mol. The summed E-state index contributed by atoms with van der Waals surface area (Å²) < 4.78 is 8.42. The van der Waals surface area contributed by atoms with Gasteiger partial charge in [-0.1, -0.05) is 0 Å². The number of carbonyl (C=O) groups excluding carboxylic acids is 3. The van der Waals surface area contributed by atoms with Crippen molar-refractivity contribution >= 4 is 18.2 Å². The van der Waals surface area contributed by atoms with E-state index in [4.69, 9.17) is 0 Å². The molecule has 1 atom stereocenters. The number of amides is 2. The highest BCUT2D eigenvalue weighted by Gasteiger charge is 2.32. The van der Waals surface area contributed by atoms with Crippen molar-refractivity contribution in [1.82, 2.24) is 10.6 Å². The van der Waals surface area contributed by atoms with E-state index in [0.29, 0.717) is 0 Å². The van der Waals surface area contributed by atoms with Crippen LogP contribution in [0.1, 0.15) is 0 Å². The third-order valence-electron chi connectivity index (χ3n) is 1.41. The predicted octanol–water partition coefficient (Wildman–Crippen LogP) is -1.02. The van der Waals surface area contributed by atoms with Crippen LogP contribution in [0.25, 0.3) is 0 Å². The number of nitrogens with one attached hydrogen (secondary N) is 2. The van der Waals surface area contributed by atoms with Crippen molar-refractivity contribution < 1.29 is 23.9 Å². The summed E-state index contributed by atoms with van der Waals surface area (Å²) in [5.74, 6) is -0.707. The van der Waals surface area contributed by atoms with E-state index in [-0.39, 0.29) is 6.54 Å². The number of hydrogen-bond donors (Lipinski definition) is 2. The Morgan fingerprint density at radius 2 is 2.38 bits per heavy atom. The summed E-state index contributed by atoms with van der Waals surface area (Å²) in [4.78, 5) is 31.8. The average Bonchev–Trinajstić information content (AvgIpc) is 2.41. The van der Waals surface area contributed by atoms with E-state index < -0.39 is 24.2 Å². The quantitative estimate of drug-likeness (QED) is 0.427. The van der Waals surface area contributed by atoms with Crippen molar-refractivity contribution in [3.05, 3.63) is 0 Å². The lowest BCUT2D eigenvalue weighted by molar-refractivity contribution is -0.135. The second kappa shape index (κ2) is 3.74. The Morgan fingerprint density at radius 3 is 2.85 bits per heavy atom. The Balaban J connectivity index is 2.33. The molecule has 7 nitrogen and oxygen atoms in total. The van der Waals surface area contributed by atoms with E-state index in [1.165, 1.54) is 7.11 Å². The minimum absolute atomic E-state index is 0.0444. The van der Waals surface area contributed by atoms with Gasteiger partial charge in [0.1, 0.15) is 6.04 Å². The third-order valence-corrected chi connectivity index (χ3v) is 1.41. The van der Waals surface area contributed by atoms with Crippen LogP contribution < -0.4 is 10.6 Å². The highest BCUT2D eigenvalue weighted by molar-refractivity contribution is 5.95. The maximum absolute atomic E-state index is 10.8. The lowest BCUT2D eigenvalue weighted by Crippen LogP contribution is -2.41. The summed E-state index contributed by atoms with van der Waals surface area (Å²) >= 11 is 0. The van der Waals surface area contributed by atoms with Crippen molar-refractivity contribution in [1.29, 1.82) is 0 Å². The van der Waals surface area contributed by atoms with Crippen molar-refractivity contribution in [2.75, 3.05) is 13.7 Å². The standard InChI is InChI=1S/C6H8N2O5/c1-12-5(10)7-2-3-4(9)13-6(11)8-3/h3H,2H2,1H3,(H,7,10)(H,8,11). The van der Waals surface area contributed by atoms with Crippen LogP contribution in [0.15, 0.2) is 0 Å². The number of cyclic esters (lactones) is 2. The van der Waals surface area contributed by atoms with E-state index in [9.17, 15) is 14.4 Å². The van der Waals surface area contributed by atoms with Crippen LogP contribution in [0.3, 0.4) is 0 Å². The summed E-state index contributed by atoms with van der Waals surface area (Å²) in [7, 11) is 1.20. The fourth-order valence-corrected chi connectivity index (χ4v) is 0.785. The van der Waals surface area contributed by atoms with Gasteiger partial charge in [0.05, 0.1) is 13.7 Å². The first-order valence-corrected chi connectivity index (χ1v) is 3.47. The molecule has 1 heterocycles. The molecular formula is C6H8N2O5. The largest absolute Gasteiger partial charge is 0.453 e. The summed E-state index contributed by atoms with van der Waals surface area (Å²) in [6.45, 7) is -0.0444. The zero-order valence-electron chi connectivity index (χ0n) is 6.83. The van der Waals surface area contributed by atoms with Crippen LogP contribution in [0.5, 0.6) is 0 Å². The molecule has 2 N–H and O–H groups in total. The highest BCUT2D eigenvalue weighted by Crippen LogP contribution is 1.98. The van der Waals surface area contributed by atoms with Crippen LogP contribution in [0.2, 0.25) is 0 Å². The molecule has 1 aliphatic rings. The second-order valence-electron chi connectivity index (χ2n) is 2.28. The number of methoxy groups -OCH3 is 1. The van der Waals surface area contributed by atoms with Gasteiger partial charge < -0.3 is 20.1 Å². The molecule has 0 aromatic heterocycles. The zero-order valence-corrected chi connectivity index (χ0v) is 6.83. The van der Waals surface area contributed by atoms with Crippen molar-refractivity contribution in [3.63, 3.8) is 0 Å². The van der Waals surface area contributed by atoms with E-state index in [1.807, 2.05) is 0 Å². The minimum Gasteiger partial charge on any atom is -0.453 e. The maximum atomic E-state index is 10.8. The summed E-state index contributed by atoms with van der Waals surface area (Å²) in [5.41, 5.74) is 0. The van der Waals surface area contributed by atoms with Gasteiger partial charge in [-0.3, -0.25) is 0 Å². The topological polar surface area (TPSA) is 93.7 Å². The molecule has 13 heavy (non-hydrogen) atoms. The molecule has 1 unspecified atom stereocenters. The Kier molecular flexibility index (Phi) is 2.68. The normalized spacial score (nSPS) is 20.5. The van der Waals surface area contributed by atoms with Crippen LogP contribution in [0.4, 0.5) is 9.59 Å². The SMILES string of the molecule is COC(=O)NCC1NC(=O)OC1=O. The van der Waals surface area contributed by atoms with Crippen LogP contribution in [-0.2, 0) is 14.3 Å². The molecule has 7 heteroatoms. The van der Waals surface area contributed by atoms with Gasteiger partial charge in [0.25, 0.3) is 0 Å². The fraction of sp³-hybridized carbons (Fsp3) is 0.500. The Morgan fingerprint density at radius 1 is 1.69 bits per heavy atom. The third kappa shape index (κ3) is 2.32. The maximum Gasteiger partial charge on any atom is 0.415 e. The lowest BCUT2D eigenvalue weighted by atomic mass is 10.3. The molecule has 0 spiro atoms. The molecule has 2 amide bonds. The second-order valence-corrected chi connectivity index (χ2v) is 2.28. The van der Waals surface area contributed by atoms with Gasteiger partial charge in [-0.25, -0.2) is 14.4 Å². The number of rotatable bonds is 2. The molecule has 0 aromatic carbocycles. The Hall–Kier alpha value is -1.79. The molecule has 0 bridgehead atoms. The first-order chi connectivity index (χ1) is 6.13. The molecule has 0 aliphatic carbocycles. The summed E-state index contributed by atoms with van der Waals surface area (Å²) in [6, 6.07) is -0.827. The lowest BCUT2D eigenvalue weighted by Gasteiger charge is -2.05. The molecular weight excluding hydrogens is 180 g/mol. The molecule has 1 fully saturated rings. The Bertz CT molecular complexity index is 251. The number of hydrogen-bond acceptors (Lipinski definition) is 5. The smallest absolute Gasteiger partial charge is 0.415 e. The van der Waals surface area contributed by atoms with Crippen LogP contribution >= 0.6 is 0 Å². The summed E-state index contributed by atoms with van der Waals surface area (Å²) in [5, 5.41) is 4.45. The van der Waals surface area contributed by atoms with Crippen molar-refractivity contribution in [2.45, 2.75) is 6.04 Å². The first-order valence-electron chi connectivity index (χ1n) is 3.47. The van der Waals surface area contributed by atoms with Crippen molar-refractivity contribution in [3.8, 4) is 0 Å². The van der Waals surface area contributed by atoms with Gasteiger partial charge in [0.15, 0.2) is 0 Å². The van der Waals surface area contributed by atoms with E-state index >= 15 is 0 Å². The summed E-state index contributed by atoms with van der Waals surface area (Å²) in [6.07, 6.45) is -1.48. The molecule has 1 aliphatic heterocycles. The number of esters is 1. The van der Waals surface area contributed by atoms with E-state index in [1.54, 1.807) is 0 Å². The van der Waals surface area contributed by atoms with Gasteiger partial charge in [0.2, 0.25) is 0 Å². The molecule has 0 saturated carbocycles. The molecule has 0 aromatic rings. The van der Waals surface area contributed by atoms with Gasteiger partial charge in [0, 0.05) is 0 Å². The van der Waals surface area contributed by atoms with Crippen LogP contribution in [0, 0.1) is 0 Å². The van der Waals surface area contributed by atoms with E-state index in [2.05, 4.69) is 20.1 Å². The number of carbonyl (C=O) groups is 3. The van der Waals surface area contributed by atoms with Gasteiger partial charge in [-0.05, 0) is 0 Å². The highest BCUT2D eigenvalue weighted by atomic mass is 16.6. The average molecular weight is 188 g/mol. The first kappa shape index (κ1) is 9.30. The zero-order chi connectivity index (χ0) is 9.84. The van der Waals surface area contributed by atoms with Crippen molar-refractivity contribution in [2.24, 2.45) is 0 Å². The molecule has 1 rings (SSSR count). The van der Waals surface area contributed by atoms with Gasteiger partial charge in [-0.15, -0.1) is 0 Å². The van der Waals surface area contributed by atoms with Gasteiger partial charge >= 0.3 is 18.2 Å². The molecule has 0 radical (unpaired) electrons. The van der Waals surface area contributed by atoms with Gasteiger partial charge in [-0.2, -0.15) is 0 Å². The van der Waals surface area contributed by atoms with Crippen LogP contribution in [-0.4, -0.2) is 37.9 Å². The molecule has 1 saturated heterocycles. The predicted molar refractivity (Wildman–Crippen MR) is 38.8 cm³/mol. The number of ether oxygens (including phenoxy) is 2.